The fraction of sp³-hybridized carbons (Fsp3) is 0.500. The molecule has 0 bridgehead atoms. The average molecular weight is 225 g/mol. The van der Waals surface area contributed by atoms with Crippen molar-refractivity contribution in [3.8, 4) is 0 Å². The molecule has 0 saturated carbocycles. The number of nitrogen functional groups attached to an aromatic ring is 1. The highest BCUT2D eigenvalue weighted by Gasteiger charge is 2.19. The summed E-state index contributed by atoms with van der Waals surface area (Å²) in [4.78, 5) is 18.9. The molecule has 0 aromatic carbocycles. The van der Waals surface area contributed by atoms with Gasteiger partial charge in [0.05, 0.1) is 5.69 Å². The standard InChI is InChI=1S/C10H15N3O3/c1-4-6(16-3)9-12-5(2)7(10(14)15)8(11)13-9/h6H,4H2,1-3H3,(H,14,15)(H2,11,12,13). The molecule has 1 heterocycles. The first-order chi connectivity index (χ1) is 7.51. The van der Waals surface area contributed by atoms with Gasteiger partial charge in [-0.25, -0.2) is 14.8 Å². The van der Waals surface area contributed by atoms with Crippen molar-refractivity contribution in [3.63, 3.8) is 0 Å². The number of carbonyl (C=O) groups is 1. The molecular weight excluding hydrogens is 210 g/mol. The molecule has 6 heteroatoms. The Balaban J connectivity index is 3.23. The quantitative estimate of drug-likeness (QED) is 0.797. The van der Waals surface area contributed by atoms with Crippen LogP contribution in [0.3, 0.4) is 0 Å². The minimum absolute atomic E-state index is 0.0227. The number of aromatic carboxylic acids is 1. The summed E-state index contributed by atoms with van der Waals surface area (Å²) in [6, 6.07) is 0. The fourth-order valence-electron chi connectivity index (χ4n) is 1.48. The van der Waals surface area contributed by atoms with Crippen LogP contribution >= 0.6 is 0 Å². The maximum absolute atomic E-state index is 10.9. The minimum atomic E-state index is -1.12. The molecule has 0 spiro atoms. The normalized spacial score (nSPS) is 12.4. The van der Waals surface area contributed by atoms with Gasteiger partial charge in [0.1, 0.15) is 17.5 Å². The molecule has 0 saturated heterocycles. The van der Waals surface area contributed by atoms with E-state index in [-0.39, 0.29) is 17.5 Å². The first kappa shape index (κ1) is 12.4. The van der Waals surface area contributed by atoms with E-state index in [0.717, 1.165) is 0 Å². The Morgan fingerprint density at radius 2 is 2.19 bits per heavy atom. The molecule has 1 aromatic rings. The van der Waals surface area contributed by atoms with Crippen molar-refractivity contribution in [2.75, 3.05) is 12.8 Å². The summed E-state index contributed by atoms with van der Waals surface area (Å²) in [7, 11) is 1.55. The SMILES string of the molecule is CCC(OC)c1nc(C)c(C(=O)O)c(N)n1. The Kier molecular flexibility index (Phi) is 3.78. The van der Waals surface area contributed by atoms with E-state index in [4.69, 9.17) is 15.6 Å². The van der Waals surface area contributed by atoms with Crippen LogP contribution in [0.5, 0.6) is 0 Å². The third-order valence-corrected chi connectivity index (χ3v) is 2.29. The Labute approximate surface area is 93.5 Å². The molecule has 1 unspecified atom stereocenters. The molecule has 1 atom stereocenters. The van der Waals surface area contributed by atoms with Crippen LogP contribution in [-0.2, 0) is 4.74 Å². The lowest BCUT2D eigenvalue weighted by Crippen LogP contribution is -2.14. The zero-order valence-corrected chi connectivity index (χ0v) is 9.52. The van der Waals surface area contributed by atoms with Crippen molar-refractivity contribution in [1.29, 1.82) is 0 Å². The lowest BCUT2D eigenvalue weighted by atomic mass is 10.2. The summed E-state index contributed by atoms with van der Waals surface area (Å²) in [6.45, 7) is 3.52. The van der Waals surface area contributed by atoms with Gasteiger partial charge in [-0.05, 0) is 13.3 Å². The number of hydrogen-bond donors (Lipinski definition) is 2. The number of rotatable bonds is 4. The Hall–Kier alpha value is -1.69. The second kappa shape index (κ2) is 4.89. The number of anilines is 1. The van der Waals surface area contributed by atoms with Gasteiger partial charge in [-0.2, -0.15) is 0 Å². The Bertz CT molecular complexity index is 379. The lowest BCUT2D eigenvalue weighted by Gasteiger charge is -2.13. The maximum atomic E-state index is 10.9. The van der Waals surface area contributed by atoms with Crippen molar-refractivity contribution in [2.45, 2.75) is 26.4 Å². The van der Waals surface area contributed by atoms with E-state index >= 15 is 0 Å². The highest BCUT2D eigenvalue weighted by Crippen LogP contribution is 2.20. The van der Waals surface area contributed by atoms with Gasteiger partial charge in [-0.3, -0.25) is 0 Å². The van der Waals surface area contributed by atoms with Gasteiger partial charge >= 0.3 is 5.97 Å². The largest absolute Gasteiger partial charge is 0.477 e. The van der Waals surface area contributed by atoms with Crippen molar-refractivity contribution in [1.82, 2.24) is 9.97 Å². The number of aromatic nitrogens is 2. The van der Waals surface area contributed by atoms with Gasteiger partial charge in [-0.15, -0.1) is 0 Å². The zero-order valence-electron chi connectivity index (χ0n) is 9.52. The molecule has 0 aliphatic carbocycles. The molecule has 0 radical (unpaired) electrons. The fourth-order valence-corrected chi connectivity index (χ4v) is 1.48. The number of hydrogen-bond acceptors (Lipinski definition) is 5. The third kappa shape index (κ3) is 2.27. The van der Waals surface area contributed by atoms with Crippen molar-refractivity contribution >= 4 is 11.8 Å². The molecule has 3 N–H and O–H groups in total. The van der Waals surface area contributed by atoms with Gasteiger partial charge in [0.25, 0.3) is 0 Å². The van der Waals surface area contributed by atoms with Crippen molar-refractivity contribution < 1.29 is 14.6 Å². The monoisotopic (exact) mass is 225 g/mol. The Morgan fingerprint density at radius 3 is 2.56 bits per heavy atom. The van der Waals surface area contributed by atoms with E-state index in [1.807, 2.05) is 6.92 Å². The smallest absolute Gasteiger partial charge is 0.341 e. The second-order valence-electron chi connectivity index (χ2n) is 3.37. The number of nitrogens with two attached hydrogens (primary N) is 1. The van der Waals surface area contributed by atoms with Gasteiger partial charge in [0.2, 0.25) is 0 Å². The molecular formula is C10H15N3O3. The van der Waals surface area contributed by atoms with E-state index in [1.165, 1.54) is 0 Å². The van der Waals surface area contributed by atoms with Gasteiger partial charge in [-0.1, -0.05) is 6.92 Å². The van der Waals surface area contributed by atoms with Crippen molar-refractivity contribution in [3.05, 3.63) is 17.1 Å². The summed E-state index contributed by atoms with van der Waals surface area (Å²) >= 11 is 0. The van der Waals surface area contributed by atoms with E-state index < -0.39 is 5.97 Å². The highest BCUT2D eigenvalue weighted by atomic mass is 16.5. The average Bonchev–Trinajstić information content (AvgIpc) is 2.17. The predicted molar refractivity (Wildman–Crippen MR) is 58.2 cm³/mol. The van der Waals surface area contributed by atoms with E-state index in [9.17, 15) is 4.79 Å². The summed E-state index contributed by atoms with van der Waals surface area (Å²) in [6.07, 6.45) is 0.436. The van der Waals surface area contributed by atoms with Crippen LogP contribution in [0.25, 0.3) is 0 Å². The van der Waals surface area contributed by atoms with Crippen LogP contribution in [0.1, 0.15) is 41.3 Å². The minimum Gasteiger partial charge on any atom is -0.477 e. The first-order valence-electron chi connectivity index (χ1n) is 4.91. The number of nitrogens with zero attached hydrogens (tertiary/aromatic N) is 2. The molecule has 16 heavy (non-hydrogen) atoms. The number of methoxy groups -OCH3 is 1. The van der Waals surface area contributed by atoms with Crippen LogP contribution in [0.2, 0.25) is 0 Å². The lowest BCUT2D eigenvalue weighted by molar-refractivity contribution is 0.0694. The number of carboxylic acid groups (broad SMARTS) is 1. The zero-order chi connectivity index (χ0) is 12.3. The van der Waals surface area contributed by atoms with Crippen LogP contribution in [0.4, 0.5) is 5.82 Å². The predicted octanol–water partition coefficient (Wildman–Crippen LogP) is 1.16. The van der Waals surface area contributed by atoms with Gasteiger partial charge in [0, 0.05) is 7.11 Å². The molecule has 6 nitrogen and oxygen atoms in total. The molecule has 0 amide bonds. The van der Waals surface area contributed by atoms with Crippen LogP contribution in [-0.4, -0.2) is 28.2 Å². The Morgan fingerprint density at radius 1 is 1.56 bits per heavy atom. The van der Waals surface area contributed by atoms with Crippen LogP contribution in [0, 0.1) is 6.92 Å². The molecule has 0 aliphatic rings. The number of aryl methyl sites for hydroxylation is 1. The summed E-state index contributed by atoms with van der Waals surface area (Å²) in [5, 5.41) is 8.90. The van der Waals surface area contributed by atoms with Crippen LogP contribution < -0.4 is 5.73 Å². The van der Waals surface area contributed by atoms with Crippen molar-refractivity contribution in [2.24, 2.45) is 0 Å². The summed E-state index contributed by atoms with van der Waals surface area (Å²) in [5.41, 5.74) is 5.89. The molecule has 1 rings (SSSR count). The van der Waals surface area contributed by atoms with E-state index in [0.29, 0.717) is 17.9 Å². The molecule has 0 fully saturated rings. The number of carboxylic acids is 1. The first-order valence-corrected chi connectivity index (χ1v) is 4.91. The van der Waals surface area contributed by atoms with E-state index in [1.54, 1.807) is 14.0 Å². The maximum Gasteiger partial charge on any atom is 0.341 e. The second-order valence-corrected chi connectivity index (χ2v) is 3.37. The highest BCUT2D eigenvalue weighted by molar-refractivity contribution is 5.93. The third-order valence-electron chi connectivity index (χ3n) is 2.29. The number of ether oxygens (including phenoxy) is 1. The van der Waals surface area contributed by atoms with Gasteiger partial charge in [0.15, 0.2) is 5.82 Å². The van der Waals surface area contributed by atoms with Gasteiger partial charge < -0.3 is 15.6 Å². The topological polar surface area (TPSA) is 98.3 Å². The molecule has 0 aliphatic heterocycles. The molecule has 1 aromatic heterocycles. The molecule has 88 valence electrons. The van der Waals surface area contributed by atoms with Crippen LogP contribution in [0.15, 0.2) is 0 Å². The summed E-state index contributed by atoms with van der Waals surface area (Å²) < 4.78 is 5.17. The summed E-state index contributed by atoms with van der Waals surface area (Å²) in [5.74, 6) is -0.720. The van der Waals surface area contributed by atoms with E-state index in [2.05, 4.69) is 9.97 Å².